The fourth-order valence-electron chi connectivity index (χ4n) is 1.70. The van der Waals surface area contributed by atoms with Gasteiger partial charge in [-0.2, -0.15) is 5.10 Å². The number of aryl methyl sites for hydroxylation is 1. The van der Waals surface area contributed by atoms with E-state index in [0.29, 0.717) is 5.69 Å². The van der Waals surface area contributed by atoms with Gasteiger partial charge in [0.15, 0.2) is 0 Å². The summed E-state index contributed by atoms with van der Waals surface area (Å²) in [5, 5.41) is 9.95. The van der Waals surface area contributed by atoms with Gasteiger partial charge in [-0.3, -0.25) is 14.5 Å². The molecule has 2 aromatic rings. The molecule has 6 nitrogen and oxygen atoms in total. The third kappa shape index (κ3) is 3.80. The first-order valence-electron chi connectivity index (χ1n) is 6.19. The Hall–Kier alpha value is -2.37. The highest BCUT2D eigenvalue weighted by molar-refractivity contribution is 5.92. The van der Waals surface area contributed by atoms with E-state index in [1.165, 1.54) is 0 Å². The quantitative estimate of drug-likeness (QED) is 0.763. The van der Waals surface area contributed by atoms with E-state index in [-0.39, 0.29) is 5.91 Å². The van der Waals surface area contributed by atoms with Gasteiger partial charge in [-0.05, 0) is 24.6 Å². The van der Waals surface area contributed by atoms with E-state index in [0.717, 1.165) is 25.2 Å². The topological polar surface area (TPSA) is 71.8 Å². The van der Waals surface area contributed by atoms with E-state index < -0.39 is 0 Å². The van der Waals surface area contributed by atoms with Gasteiger partial charge in [-0.1, -0.05) is 0 Å². The van der Waals surface area contributed by atoms with Gasteiger partial charge in [0.05, 0.1) is 0 Å². The number of nitrogens with one attached hydrogen (secondary N) is 2. The van der Waals surface area contributed by atoms with E-state index in [4.69, 9.17) is 0 Å². The summed E-state index contributed by atoms with van der Waals surface area (Å²) < 4.78 is 1.89. The van der Waals surface area contributed by atoms with Crippen molar-refractivity contribution in [2.45, 2.75) is 13.0 Å². The van der Waals surface area contributed by atoms with Crippen LogP contribution in [0.5, 0.6) is 0 Å². The number of aromatic nitrogens is 3. The third-order valence-corrected chi connectivity index (χ3v) is 2.67. The zero-order valence-electron chi connectivity index (χ0n) is 10.8. The minimum atomic E-state index is -0.180. The lowest BCUT2D eigenvalue weighted by Crippen LogP contribution is -2.19. The van der Waals surface area contributed by atoms with Gasteiger partial charge in [-0.15, -0.1) is 0 Å². The molecule has 2 heterocycles. The van der Waals surface area contributed by atoms with Gasteiger partial charge in [0.1, 0.15) is 5.69 Å². The summed E-state index contributed by atoms with van der Waals surface area (Å²) in [7, 11) is 1.59. The predicted molar refractivity (Wildman–Crippen MR) is 73.0 cm³/mol. The van der Waals surface area contributed by atoms with Crippen molar-refractivity contribution in [3.05, 3.63) is 42.5 Å². The molecule has 6 heteroatoms. The molecule has 0 fully saturated rings. The number of carbonyl (C=O) groups excluding carboxylic acids is 1. The predicted octanol–water partition coefficient (Wildman–Crippen LogP) is 1.14. The maximum absolute atomic E-state index is 11.4. The molecule has 0 unspecified atom stereocenters. The molecule has 19 heavy (non-hydrogen) atoms. The molecular weight excluding hydrogens is 242 g/mol. The Kier molecular flexibility index (Phi) is 4.49. The van der Waals surface area contributed by atoms with E-state index in [2.05, 4.69) is 20.7 Å². The monoisotopic (exact) mass is 259 g/mol. The Bertz CT molecular complexity index is 524. The van der Waals surface area contributed by atoms with Crippen molar-refractivity contribution in [3.8, 4) is 0 Å². The SMILES string of the molecule is CNC(=O)c1cc(NCCCn2cccn2)ccn1. The Morgan fingerprint density at radius 3 is 3.05 bits per heavy atom. The van der Waals surface area contributed by atoms with Crippen LogP contribution in [-0.4, -0.2) is 34.3 Å². The first-order chi connectivity index (χ1) is 9.29. The van der Waals surface area contributed by atoms with Crippen LogP contribution in [0.4, 0.5) is 5.69 Å². The van der Waals surface area contributed by atoms with Crippen LogP contribution in [0.3, 0.4) is 0 Å². The van der Waals surface area contributed by atoms with Crippen molar-refractivity contribution in [3.63, 3.8) is 0 Å². The number of pyridine rings is 1. The Morgan fingerprint density at radius 1 is 1.42 bits per heavy atom. The average Bonchev–Trinajstić information content (AvgIpc) is 2.96. The summed E-state index contributed by atoms with van der Waals surface area (Å²) in [6.45, 7) is 1.68. The van der Waals surface area contributed by atoms with Crippen LogP contribution < -0.4 is 10.6 Å². The molecule has 2 rings (SSSR count). The molecule has 0 spiro atoms. The summed E-state index contributed by atoms with van der Waals surface area (Å²) >= 11 is 0. The number of anilines is 1. The summed E-state index contributed by atoms with van der Waals surface area (Å²) in [6.07, 6.45) is 6.29. The Morgan fingerprint density at radius 2 is 2.32 bits per heavy atom. The maximum atomic E-state index is 11.4. The molecule has 0 radical (unpaired) electrons. The molecule has 0 saturated heterocycles. The number of hydrogen-bond acceptors (Lipinski definition) is 4. The lowest BCUT2D eigenvalue weighted by molar-refractivity contribution is 0.0958. The summed E-state index contributed by atoms with van der Waals surface area (Å²) in [4.78, 5) is 15.5. The molecule has 0 aliphatic carbocycles. The molecule has 1 amide bonds. The molecule has 0 aromatic carbocycles. The Labute approximate surface area is 111 Å². The number of rotatable bonds is 6. The van der Waals surface area contributed by atoms with Crippen LogP contribution in [0.2, 0.25) is 0 Å². The van der Waals surface area contributed by atoms with Crippen LogP contribution in [0, 0.1) is 0 Å². The van der Waals surface area contributed by atoms with Crippen LogP contribution in [0.15, 0.2) is 36.8 Å². The fraction of sp³-hybridized carbons (Fsp3) is 0.308. The van der Waals surface area contributed by atoms with Crippen molar-refractivity contribution in [1.29, 1.82) is 0 Å². The zero-order chi connectivity index (χ0) is 13.5. The average molecular weight is 259 g/mol. The molecule has 0 saturated carbocycles. The van der Waals surface area contributed by atoms with Crippen molar-refractivity contribution in [1.82, 2.24) is 20.1 Å². The summed E-state index contributed by atoms with van der Waals surface area (Å²) in [5.74, 6) is -0.180. The first kappa shape index (κ1) is 13.1. The fourth-order valence-corrected chi connectivity index (χ4v) is 1.70. The van der Waals surface area contributed by atoms with Crippen LogP contribution in [0.25, 0.3) is 0 Å². The van der Waals surface area contributed by atoms with Gasteiger partial charge in [0.25, 0.3) is 5.91 Å². The number of hydrogen-bond donors (Lipinski definition) is 2. The minimum Gasteiger partial charge on any atom is -0.385 e. The first-order valence-corrected chi connectivity index (χ1v) is 6.19. The standard InChI is InChI=1S/C13H17N5O/c1-14-13(19)12-10-11(4-7-16-12)15-5-2-8-18-9-3-6-17-18/h3-4,6-7,9-10H,2,5,8H2,1H3,(H,14,19)(H,15,16). The summed E-state index contributed by atoms with van der Waals surface area (Å²) in [6, 6.07) is 5.50. The van der Waals surface area contributed by atoms with E-state index in [9.17, 15) is 4.79 Å². The molecule has 0 aliphatic heterocycles. The van der Waals surface area contributed by atoms with Crippen molar-refractivity contribution < 1.29 is 4.79 Å². The highest BCUT2D eigenvalue weighted by atomic mass is 16.1. The zero-order valence-corrected chi connectivity index (χ0v) is 10.8. The number of nitrogens with zero attached hydrogens (tertiary/aromatic N) is 3. The lowest BCUT2D eigenvalue weighted by atomic mass is 10.3. The minimum absolute atomic E-state index is 0.180. The van der Waals surface area contributed by atoms with E-state index >= 15 is 0 Å². The van der Waals surface area contributed by atoms with Crippen molar-refractivity contribution >= 4 is 11.6 Å². The van der Waals surface area contributed by atoms with Crippen molar-refractivity contribution in [2.24, 2.45) is 0 Å². The number of amides is 1. The molecule has 2 aromatic heterocycles. The smallest absolute Gasteiger partial charge is 0.269 e. The molecule has 2 N–H and O–H groups in total. The van der Waals surface area contributed by atoms with Crippen molar-refractivity contribution in [2.75, 3.05) is 18.9 Å². The van der Waals surface area contributed by atoms with E-state index in [1.54, 1.807) is 25.5 Å². The van der Waals surface area contributed by atoms with Gasteiger partial charge < -0.3 is 10.6 Å². The Balaban J connectivity index is 1.81. The highest BCUT2D eigenvalue weighted by Gasteiger charge is 2.04. The largest absolute Gasteiger partial charge is 0.385 e. The second-order valence-electron chi connectivity index (χ2n) is 4.06. The molecule has 100 valence electrons. The molecule has 0 aliphatic rings. The number of carbonyl (C=O) groups is 1. The second kappa shape index (κ2) is 6.53. The normalized spacial score (nSPS) is 10.2. The van der Waals surface area contributed by atoms with Crippen LogP contribution >= 0.6 is 0 Å². The van der Waals surface area contributed by atoms with E-state index in [1.807, 2.05) is 23.0 Å². The molecule has 0 bridgehead atoms. The van der Waals surface area contributed by atoms with Crippen LogP contribution in [0.1, 0.15) is 16.9 Å². The highest BCUT2D eigenvalue weighted by Crippen LogP contribution is 2.07. The van der Waals surface area contributed by atoms with Crippen LogP contribution in [-0.2, 0) is 6.54 Å². The lowest BCUT2D eigenvalue weighted by Gasteiger charge is -2.07. The third-order valence-electron chi connectivity index (χ3n) is 2.67. The van der Waals surface area contributed by atoms with Gasteiger partial charge in [-0.25, -0.2) is 0 Å². The van der Waals surface area contributed by atoms with Gasteiger partial charge >= 0.3 is 0 Å². The van der Waals surface area contributed by atoms with Gasteiger partial charge in [0.2, 0.25) is 0 Å². The summed E-state index contributed by atoms with van der Waals surface area (Å²) in [5.41, 5.74) is 1.31. The van der Waals surface area contributed by atoms with Gasteiger partial charge in [0, 0.05) is 44.4 Å². The second-order valence-corrected chi connectivity index (χ2v) is 4.06. The molecular formula is C13H17N5O. The molecule has 0 atom stereocenters. The maximum Gasteiger partial charge on any atom is 0.269 e.